The topological polar surface area (TPSA) is 62.7 Å². The van der Waals surface area contributed by atoms with Gasteiger partial charge in [0.25, 0.3) is 0 Å². The molecule has 2 aromatic rings. The summed E-state index contributed by atoms with van der Waals surface area (Å²) in [4.78, 5) is 12.0. The van der Waals surface area contributed by atoms with Crippen molar-refractivity contribution in [1.29, 1.82) is 0 Å². The van der Waals surface area contributed by atoms with E-state index in [2.05, 4.69) is 15.5 Å². The third-order valence-corrected chi connectivity index (χ3v) is 3.77. The summed E-state index contributed by atoms with van der Waals surface area (Å²) in [6, 6.07) is 7.32. The summed E-state index contributed by atoms with van der Waals surface area (Å²) in [7, 11) is 0. The number of aromatic nitrogens is 3. The molecular weight excluding hydrogens is 264 g/mol. The molecule has 1 aliphatic rings. The third-order valence-electron chi connectivity index (χ3n) is 3.45. The number of benzene rings is 1. The minimum Gasteiger partial charge on any atom is -0.316 e. The molecule has 1 fully saturated rings. The summed E-state index contributed by atoms with van der Waals surface area (Å²) in [5, 5.41) is 10.6. The lowest BCUT2D eigenvalue weighted by molar-refractivity contribution is 0.442. The van der Waals surface area contributed by atoms with Crippen molar-refractivity contribution in [3.63, 3.8) is 0 Å². The fourth-order valence-corrected chi connectivity index (χ4v) is 2.74. The predicted octanol–water partition coefficient (Wildman–Crippen LogP) is 1.68. The molecular formula is C13H15ClN4O. The van der Waals surface area contributed by atoms with E-state index < -0.39 is 0 Å². The lowest BCUT2D eigenvalue weighted by atomic mass is 9.99. The molecule has 6 heteroatoms. The van der Waals surface area contributed by atoms with Crippen LogP contribution in [0.5, 0.6) is 0 Å². The van der Waals surface area contributed by atoms with Crippen molar-refractivity contribution in [2.24, 2.45) is 0 Å². The Kier molecular flexibility index (Phi) is 3.40. The lowest BCUT2D eigenvalue weighted by Gasteiger charge is -2.22. The molecule has 0 aliphatic carbocycles. The minimum atomic E-state index is -0.242. The Morgan fingerprint density at radius 2 is 2.21 bits per heavy atom. The Bertz CT molecular complexity index is 628. The van der Waals surface area contributed by atoms with Crippen molar-refractivity contribution >= 4 is 11.6 Å². The SMILES string of the molecule is O=c1[nH]nc(C2CCCNC2)n1-c1ccccc1Cl. The highest BCUT2D eigenvalue weighted by molar-refractivity contribution is 6.32. The van der Waals surface area contributed by atoms with Gasteiger partial charge in [0.05, 0.1) is 10.7 Å². The highest BCUT2D eigenvalue weighted by Crippen LogP contribution is 2.25. The van der Waals surface area contributed by atoms with Gasteiger partial charge in [0.2, 0.25) is 0 Å². The van der Waals surface area contributed by atoms with Crippen molar-refractivity contribution in [2.75, 3.05) is 13.1 Å². The molecule has 0 spiro atoms. The van der Waals surface area contributed by atoms with E-state index in [-0.39, 0.29) is 11.6 Å². The van der Waals surface area contributed by atoms with E-state index in [9.17, 15) is 4.79 Å². The molecule has 100 valence electrons. The van der Waals surface area contributed by atoms with Crippen molar-refractivity contribution in [1.82, 2.24) is 20.1 Å². The van der Waals surface area contributed by atoms with E-state index in [0.717, 1.165) is 31.8 Å². The van der Waals surface area contributed by atoms with Crippen LogP contribution in [0.1, 0.15) is 24.6 Å². The third kappa shape index (κ3) is 2.31. The molecule has 5 nitrogen and oxygen atoms in total. The molecule has 1 aliphatic heterocycles. The smallest absolute Gasteiger partial charge is 0.316 e. The summed E-state index contributed by atoms with van der Waals surface area (Å²) < 4.78 is 1.58. The van der Waals surface area contributed by atoms with Crippen LogP contribution >= 0.6 is 11.6 Å². The summed E-state index contributed by atoms with van der Waals surface area (Å²) in [5.41, 5.74) is 0.442. The number of nitrogens with zero attached hydrogens (tertiary/aromatic N) is 2. The van der Waals surface area contributed by atoms with Crippen molar-refractivity contribution < 1.29 is 0 Å². The Labute approximate surface area is 115 Å². The van der Waals surface area contributed by atoms with Crippen LogP contribution in [-0.4, -0.2) is 27.9 Å². The first-order chi connectivity index (χ1) is 9.27. The van der Waals surface area contributed by atoms with Gasteiger partial charge >= 0.3 is 5.69 Å². The number of aromatic amines is 1. The highest BCUT2D eigenvalue weighted by Gasteiger charge is 2.23. The maximum Gasteiger partial charge on any atom is 0.348 e. The number of H-pyrrole nitrogens is 1. The van der Waals surface area contributed by atoms with Gasteiger partial charge in [-0.2, -0.15) is 5.10 Å². The molecule has 1 saturated heterocycles. The molecule has 1 aromatic carbocycles. The van der Waals surface area contributed by atoms with Crippen LogP contribution in [0, 0.1) is 0 Å². The first-order valence-corrected chi connectivity index (χ1v) is 6.78. The molecule has 0 radical (unpaired) electrons. The van der Waals surface area contributed by atoms with Gasteiger partial charge in [-0.1, -0.05) is 23.7 Å². The summed E-state index contributed by atoms with van der Waals surface area (Å²) >= 11 is 6.18. The number of hydrogen-bond donors (Lipinski definition) is 2. The van der Waals surface area contributed by atoms with Gasteiger partial charge in [0, 0.05) is 12.5 Å². The second kappa shape index (κ2) is 5.19. The summed E-state index contributed by atoms with van der Waals surface area (Å²) in [6.07, 6.45) is 2.12. The van der Waals surface area contributed by atoms with Gasteiger partial charge in [-0.15, -0.1) is 0 Å². The van der Waals surface area contributed by atoms with Crippen LogP contribution in [0.4, 0.5) is 0 Å². The normalized spacial score (nSPS) is 19.5. The second-order valence-corrected chi connectivity index (χ2v) is 5.12. The van der Waals surface area contributed by atoms with Crippen LogP contribution < -0.4 is 11.0 Å². The van der Waals surface area contributed by atoms with E-state index >= 15 is 0 Å². The van der Waals surface area contributed by atoms with E-state index in [4.69, 9.17) is 11.6 Å². The van der Waals surface area contributed by atoms with Crippen LogP contribution in [0.2, 0.25) is 5.02 Å². The van der Waals surface area contributed by atoms with Gasteiger partial charge in [-0.3, -0.25) is 0 Å². The molecule has 1 unspecified atom stereocenters. The van der Waals surface area contributed by atoms with Crippen molar-refractivity contribution in [2.45, 2.75) is 18.8 Å². The average Bonchev–Trinajstić information content (AvgIpc) is 2.82. The number of para-hydroxylation sites is 1. The zero-order valence-electron chi connectivity index (χ0n) is 10.4. The van der Waals surface area contributed by atoms with Crippen LogP contribution in [0.3, 0.4) is 0 Å². The Hall–Kier alpha value is -1.59. The van der Waals surface area contributed by atoms with Gasteiger partial charge in [0.1, 0.15) is 5.82 Å². The number of rotatable bonds is 2. The van der Waals surface area contributed by atoms with Gasteiger partial charge in [-0.05, 0) is 31.5 Å². The standard InChI is InChI=1S/C13H15ClN4O/c14-10-5-1-2-6-11(10)18-12(16-17-13(18)19)9-4-3-7-15-8-9/h1-2,5-6,9,15H,3-4,7-8H2,(H,17,19). The molecule has 0 bridgehead atoms. The molecule has 2 heterocycles. The fraction of sp³-hybridized carbons (Fsp3) is 0.385. The Morgan fingerprint density at radius 3 is 2.95 bits per heavy atom. The first-order valence-electron chi connectivity index (χ1n) is 6.40. The molecule has 0 amide bonds. The monoisotopic (exact) mass is 278 g/mol. The largest absolute Gasteiger partial charge is 0.348 e. The van der Waals surface area contributed by atoms with E-state index in [0.29, 0.717) is 10.7 Å². The zero-order valence-corrected chi connectivity index (χ0v) is 11.2. The summed E-state index contributed by atoms with van der Waals surface area (Å²) in [5.74, 6) is 0.995. The van der Waals surface area contributed by atoms with E-state index in [1.807, 2.05) is 18.2 Å². The highest BCUT2D eigenvalue weighted by atomic mass is 35.5. The Balaban J connectivity index is 2.08. The molecule has 19 heavy (non-hydrogen) atoms. The molecule has 2 N–H and O–H groups in total. The van der Waals surface area contributed by atoms with Crippen molar-refractivity contribution in [3.05, 3.63) is 45.6 Å². The van der Waals surface area contributed by atoms with Gasteiger partial charge in [0.15, 0.2) is 0 Å². The van der Waals surface area contributed by atoms with Gasteiger partial charge in [-0.25, -0.2) is 14.5 Å². The molecule has 1 atom stereocenters. The molecule has 0 saturated carbocycles. The lowest BCUT2D eigenvalue weighted by Crippen LogP contribution is -2.31. The number of halogens is 1. The minimum absolute atomic E-state index is 0.240. The van der Waals surface area contributed by atoms with Gasteiger partial charge < -0.3 is 5.32 Å². The first kappa shape index (κ1) is 12.4. The summed E-state index contributed by atoms with van der Waals surface area (Å²) in [6.45, 7) is 1.87. The second-order valence-electron chi connectivity index (χ2n) is 4.72. The molecule has 3 rings (SSSR count). The number of nitrogens with one attached hydrogen (secondary N) is 2. The fourth-order valence-electron chi connectivity index (χ4n) is 2.52. The van der Waals surface area contributed by atoms with Crippen LogP contribution in [0.25, 0.3) is 5.69 Å². The maximum absolute atomic E-state index is 12.0. The number of hydrogen-bond acceptors (Lipinski definition) is 3. The quantitative estimate of drug-likeness (QED) is 0.879. The predicted molar refractivity (Wildman–Crippen MR) is 74.0 cm³/mol. The van der Waals surface area contributed by atoms with E-state index in [1.54, 1.807) is 10.6 Å². The number of piperidine rings is 1. The average molecular weight is 279 g/mol. The maximum atomic E-state index is 12.0. The van der Waals surface area contributed by atoms with E-state index in [1.165, 1.54) is 0 Å². The van der Waals surface area contributed by atoms with Crippen LogP contribution in [-0.2, 0) is 0 Å². The van der Waals surface area contributed by atoms with Crippen LogP contribution in [0.15, 0.2) is 29.1 Å². The Morgan fingerprint density at radius 1 is 1.37 bits per heavy atom. The molecule has 1 aromatic heterocycles. The van der Waals surface area contributed by atoms with Crippen molar-refractivity contribution in [3.8, 4) is 5.69 Å². The zero-order chi connectivity index (χ0) is 13.2.